The summed E-state index contributed by atoms with van der Waals surface area (Å²) in [5.74, 6) is 0.836. The molecule has 4 N–H and O–H groups in total. The van der Waals surface area contributed by atoms with Gasteiger partial charge in [0.05, 0.1) is 6.61 Å². The minimum absolute atomic E-state index is 0.684. The summed E-state index contributed by atoms with van der Waals surface area (Å²) in [5, 5.41) is 0. The average molecular weight is 244 g/mol. The van der Waals surface area contributed by atoms with Gasteiger partial charge in [-0.1, -0.05) is 18.2 Å². The van der Waals surface area contributed by atoms with Crippen molar-refractivity contribution in [3.63, 3.8) is 0 Å². The molecule has 0 aliphatic heterocycles. The number of hydrogen-bond donors (Lipinski definition) is 2. The molecule has 0 bridgehead atoms. The lowest BCUT2D eigenvalue weighted by molar-refractivity contribution is 0.340. The van der Waals surface area contributed by atoms with Crippen molar-refractivity contribution in [2.45, 2.75) is 13.8 Å². The predicted molar refractivity (Wildman–Crippen MR) is 77.6 cm³/mol. The van der Waals surface area contributed by atoms with Gasteiger partial charge in [-0.25, -0.2) is 0 Å². The molecule has 18 heavy (non-hydrogen) atoms. The first-order valence-electron chi connectivity index (χ1n) is 5.92. The summed E-state index contributed by atoms with van der Waals surface area (Å²) >= 11 is 0. The van der Waals surface area contributed by atoms with E-state index in [1.54, 1.807) is 0 Å². The molecule has 0 spiro atoms. The third-order valence-corrected chi connectivity index (χ3v) is 2.21. The van der Waals surface area contributed by atoms with Crippen LogP contribution in [0.5, 0.6) is 5.75 Å². The Kier molecular flexibility index (Phi) is 5.58. The zero-order valence-electron chi connectivity index (χ0n) is 10.9. The maximum Gasteiger partial charge on any atom is 0.121 e. The van der Waals surface area contributed by atoms with E-state index in [-0.39, 0.29) is 0 Å². The first-order chi connectivity index (χ1) is 8.61. The summed E-state index contributed by atoms with van der Waals surface area (Å²) in [6.07, 6.45) is 0. The fraction of sp³-hybridized carbons (Fsp3) is 0.200. The number of nitrogens with two attached hydrogens (primary N) is 2. The third kappa shape index (κ3) is 5.25. The van der Waals surface area contributed by atoms with Crippen LogP contribution in [0.2, 0.25) is 0 Å². The van der Waals surface area contributed by atoms with Crippen LogP contribution in [0.4, 0.5) is 11.4 Å². The van der Waals surface area contributed by atoms with Crippen molar-refractivity contribution in [2.75, 3.05) is 18.1 Å². The monoisotopic (exact) mass is 244 g/mol. The SMILES string of the molecule is CCOc1cccc(N)c1.Cc1cccc(N)c1. The number of nitrogen functional groups attached to an aromatic ring is 2. The minimum Gasteiger partial charge on any atom is -0.494 e. The highest BCUT2D eigenvalue weighted by molar-refractivity contribution is 5.43. The van der Waals surface area contributed by atoms with Gasteiger partial charge in [0, 0.05) is 17.4 Å². The second kappa shape index (κ2) is 7.22. The Bertz CT molecular complexity index is 466. The molecule has 96 valence electrons. The molecule has 3 nitrogen and oxygen atoms in total. The van der Waals surface area contributed by atoms with Crippen LogP contribution in [0.3, 0.4) is 0 Å². The van der Waals surface area contributed by atoms with Crippen LogP contribution < -0.4 is 16.2 Å². The second-order valence-corrected chi connectivity index (χ2v) is 3.92. The first-order valence-corrected chi connectivity index (χ1v) is 5.92. The summed E-state index contributed by atoms with van der Waals surface area (Å²) in [7, 11) is 0. The van der Waals surface area contributed by atoms with Crippen LogP contribution in [-0.2, 0) is 0 Å². The zero-order chi connectivity index (χ0) is 13.4. The summed E-state index contributed by atoms with van der Waals surface area (Å²) in [6, 6.07) is 15.2. The highest BCUT2D eigenvalue weighted by atomic mass is 16.5. The van der Waals surface area contributed by atoms with Crippen LogP contribution in [0.25, 0.3) is 0 Å². The molecule has 2 aromatic rings. The van der Waals surface area contributed by atoms with E-state index in [1.807, 2.05) is 62.4 Å². The first kappa shape index (κ1) is 13.9. The van der Waals surface area contributed by atoms with E-state index in [9.17, 15) is 0 Å². The lowest BCUT2D eigenvalue weighted by Gasteiger charge is -2.01. The lowest BCUT2D eigenvalue weighted by atomic mass is 10.2. The predicted octanol–water partition coefficient (Wildman–Crippen LogP) is 3.24. The van der Waals surface area contributed by atoms with Gasteiger partial charge < -0.3 is 16.2 Å². The van der Waals surface area contributed by atoms with E-state index in [0.29, 0.717) is 6.61 Å². The number of hydrogen-bond acceptors (Lipinski definition) is 3. The van der Waals surface area contributed by atoms with Crippen molar-refractivity contribution in [3.05, 3.63) is 54.1 Å². The van der Waals surface area contributed by atoms with E-state index in [2.05, 4.69) is 0 Å². The Balaban J connectivity index is 0.000000184. The van der Waals surface area contributed by atoms with Crippen LogP contribution in [-0.4, -0.2) is 6.61 Å². The van der Waals surface area contributed by atoms with Crippen LogP contribution >= 0.6 is 0 Å². The van der Waals surface area contributed by atoms with Crippen molar-refractivity contribution in [3.8, 4) is 5.75 Å². The number of anilines is 2. The molecular weight excluding hydrogens is 224 g/mol. The van der Waals surface area contributed by atoms with Gasteiger partial charge in [-0.15, -0.1) is 0 Å². The number of rotatable bonds is 2. The van der Waals surface area contributed by atoms with Crippen molar-refractivity contribution < 1.29 is 4.74 Å². The molecule has 3 heteroatoms. The number of ether oxygens (including phenoxy) is 1. The van der Waals surface area contributed by atoms with E-state index in [4.69, 9.17) is 16.2 Å². The molecule has 0 saturated heterocycles. The van der Waals surface area contributed by atoms with Gasteiger partial charge in [-0.3, -0.25) is 0 Å². The fourth-order valence-electron chi connectivity index (χ4n) is 1.44. The summed E-state index contributed by atoms with van der Waals surface area (Å²) in [5.41, 5.74) is 13.8. The van der Waals surface area contributed by atoms with Gasteiger partial charge in [0.15, 0.2) is 0 Å². The van der Waals surface area contributed by atoms with Gasteiger partial charge in [-0.2, -0.15) is 0 Å². The average Bonchev–Trinajstić information content (AvgIpc) is 2.30. The second-order valence-electron chi connectivity index (χ2n) is 3.92. The van der Waals surface area contributed by atoms with Crippen molar-refractivity contribution in [1.82, 2.24) is 0 Å². The van der Waals surface area contributed by atoms with Crippen molar-refractivity contribution in [2.24, 2.45) is 0 Å². The molecule has 0 amide bonds. The number of aryl methyl sites for hydroxylation is 1. The maximum absolute atomic E-state index is 5.51. The molecule has 2 aromatic carbocycles. The molecule has 0 atom stereocenters. The minimum atomic E-state index is 0.684. The Labute approximate surface area is 108 Å². The molecule has 0 aliphatic carbocycles. The molecule has 0 aliphatic rings. The van der Waals surface area contributed by atoms with Gasteiger partial charge >= 0.3 is 0 Å². The topological polar surface area (TPSA) is 61.3 Å². The van der Waals surface area contributed by atoms with E-state index in [0.717, 1.165) is 17.1 Å². The smallest absolute Gasteiger partial charge is 0.121 e. The fourth-order valence-corrected chi connectivity index (χ4v) is 1.44. The largest absolute Gasteiger partial charge is 0.494 e. The molecule has 0 aromatic heterocycles. The zero-order valence-corrected chi connectivity index (χ0v) is 10.9. The molecule has 0 saturated carbocycles. The van der Waals surface area contributed by atoms with Crippen LogP contribution in [0.1, 0.15) is 12.5 Å². The highest BCUT2D eigenvalue weighted by Crippen LogP contribution is 2.13. The van der Waals surface area contributed by atoms with Crippen molar-refractivity contribution >= 4 is 11.4 Å². The molecule has 0 radical (unpaired) electrons. The molecule has 0 fully saturated rings. The van der Waals surface area contributed by atoms with Crippen LogP contribution in [0, 0.1) is 6.92 Å². The summed E-state index contributed by atoms with van der Waals surface area (Å²) in [6.45, 7) is 4.66. The van der Waals surface area contributed by atoms with Gasteiger partial charge in [0.25, 0.3) is 0 Å². The standard InChI is InChI=1S/C8H11NO.C7H9N/c1-2-10-8-5-3-4-7(9)6-8;1-6-3-2-4-7(8)5-6/h3-6H,2,9H2,1H3;2-5H,8H2,1H3. The Morgan fingerprint density at radius 1 is 0.944 bits per heavy atom. The normalized spacial score (nSPS) is 9.22. The quantitative estimate of drug-likeness (QED) is 0.797. The van der Waals surface area contributed by atoms with Crippen LogP contribution in [0.15, 0.2) is 48.5 Å². The van der Waals surface area contributed by atoms with E-state index in [1.165, 1.54) is 5.56 Å². The summed E-state index contributed by atoms with van der Waals surface area (Å²) < 4.78 is 5.21. The maximum atomic E-state index is 5.51. The van der Waals surface area contributed by atoms with Crippen molar-refractivity contribution in [1.29, 1.82) is 0 Å². The molecule has 0 heterocycles. The molecule has 0 unspecified atom stereocenters. The Morgan fingerprint density at radius 3 is 2.00 bits per heavy atom. The summed E-state index contributed by atoms with van der Waals surface area (Å²) in [4.78, 5) is 0. The van der Waals surface area contributed by atoms with E-state index < -0.39 is 0 Å². The highest BCUT2D eigenvalue weighted by Gasteiger charge is 1.89. The lowest BCUT2D eigenvalue weighted by Crippen LogP contribution is -1.92. The van der Waals surface area contributed by atoms with Gasteiger partial charge in [0.1, 0.15) is 5.75 Å². The van der Waals surface area contributed by atoms with Gasteiger partial charge in [0.2, 0.25) is 0 Å². The third-order valence-electron chi connectivity index (χ3n) is 2.21. The number of benzene rings is 2. The Hall–Kier alpha value is -2.16. The molecular formula is C15H20N2O. The molecule has 2 rings (SSSR count). The van der Waals surface area contributed by atoms with Gasteiger partial charge in [-0.05, 0) is 43.7 Å². The Morgan fingerprint density at radius 2 is 1.56 bits per heavy atom. The van der Waals surface area contributed by atoms with E-state index >= 15 is 0 Å².